The Morgan fingerprint density at radius 1 is 1.27 bits per heavy atom. The van der Waals surface area contributed by atoms with Gasteiger partial charge in [0.1, 0.15) is 10.1 Å². The lowest BCUT2D eigenvalue weighted by atomic mass is 10.2. The SMILES string of the molecule is Cc1cccc(NC(=O)COc2ccc(/C=C3\SC(=S)NC3=O)cc2)c1. The van der Waals surface area contributed by atoms with E-state index in [-0.39, 0.29) is 18.4 Å². The Bertz CT molecular complexity index is 892. The fourth-order valence-corrected chi connectivity index (χ4v) is 3.35. The summed E-state index contributed by atoms with van der Waals surface area (Å²) < 4.78 is 5.95. The molecular formula is C19H16N2O3S2. The summed E-state index contributed by atoms with van der Waals surface area (Å²) in [6.45, 7) is 1.88. The number of rotatable bonds is 5. The van der Waals surface area contributed by atoms with Crippen molar-refractivity contribution < 1.29 is 14.3 Å². The highest BCUT2D eigenvalue weighted by atomic mass is 32.2. The molecule has 0 aliphatic carbocycles. The number of hydrogen-bond donors (Lipinski definition) is 2. The summed E-state index contributed by atoms with van der Waals surface area (Å²) in [5.41, 5.74) is 2.66. The molecule has 1 fully saturated rings. The maximum absolute atomic E-state index is 12.0. The zero-order valence-corrected chi connectivity index (χ0v) is 15.6. The van der Waals surface area contributed by atoms with Gasteiger partial charge < -0.3 is 15.4 Å². The number of hydrogen-bond acceptors (Lipinski definition) is 5. The van der Waals surface area contributed by atoms with Gasteiger partial charge in [-0.25, -0.2) is 0 Å². The van der Waals surface area contributed by atoms with E-state index in [1.807, 2.05) is 43.3 Å². The molecule has 0 bridgehead atoms. The number of ether oxygens (including phenoxy) is 1. The molecule has 1 aliphatic rings. The van der Waals surface area contributed by atoms with Crippen LogP contribution in [0.3, 0.4) is 0 Å². The van der Waals surface area contributed by atoms with Crippen LogP contribution < -0.4 is 15.4 Å². The molecule has 0 spiro atoms. The van der Waals surface area contributed by atoms with E-state index in [9.17, 15) is 9.59 Å². The Morgan fingerprint density at radius 3 is 2.69 bits per heavy atom. The van der Waals surface area contributed by atoms with Crippen molar-refractivity contribution in [3.8, 4) is 5.75 Å². The third-order valence-electron chi connectivity index (χ3n) is 3.49. The fourth-order valence-electron chi connectivity index (χ4n) is 2.30. The highest BCUT2D eigenvalue weighted by molar-refractivity contribution is 8.26. The number of amides is 2. The molecule has 2 aromatic carbocycles. The predicted molar refractivity (Wildman–Crippen MR) is 108 cm³/mol. The third-order valence-corrected chi connectivity index (χ3v) is 4.65. The van der Waals surface area contributed by atoms with Crippen LogP contribution in [0, 0.1) is 6.92 Å². The topological polar surface area (TPSA) is 67.4 Å². The molecule has 0 saturated carbocycles. The lowest BCUT2D eigenvalue weighted by molar-refractivity contribution is -0.118. The Labute approximate surface area is 160 Å². The van der Waals surface area contributed by atoms with E-state index in [4.69, 9.17) is 17.0 Å². The van der Waals surface area contributed by atoms with Gasteiger partial charge in [0.05, 0.1) is 4.91 Å². The van der Waals surface area contributed by atoms with Crippen molar-refractivity contribution in [2.24, 2.45) is 0 Å². The van der Waals surface area contributed by atoms with Crippen molar-refractivity contribution in [3.05, 3.63) is 64.6 Å². The molecule has 26 heavy (non-hydrogen) atoms. The predicted octanol–water partition coefficient (Wildman–Crippen LogP) is 3.50. The van der Waals surface area contributed by atoms with E-state index in [1.54, 1.807) is 18.2 Å². The van der Waals surface area contributed by atoms with Gasteiger partial charge in [0.15, 0.2) is 6.61 Å². The molecule has 1 aliphatic heterocycles. The largest absolute Gasteiger partial charge is 0.484 e. The second-order valence-electron chi connectivity index (χ2n) is 5.63. The van der Waals surface area contributed by atoms with Crippen LogP contribution in [0.1, 0.15) is 11.1 Å². The molecule has 5 nitrogen and oxygen atoms in total. The van der Waals surface area contributed by atoms with E-state index >= 15 is 0 Å². The first-order valence-corrected chi connectivity index (χ1v) is 9.06. The molecule has 7 heteroatoms. The van der Waals surface area contributed by atoms with Gasteiger partial charge in [-0.2, -0.15) is 0 Å². The van der Waals surface area contributed by atoms with Crippen LogP contribution in [0.15, 0.2) is 53.4 Å². The van der Waals surface area contributed by atoms with Crippen molar-refractivity contribution in [1.29, 1.82) is 0 Å². The molecular weight excluding hydrogens is 368 g/mol. The second kappa shape index (κ2) is 8.16. The molecule has 0 aromatic heterocycles. The molecule has 2 N–H and O–H groups in total. The van der Waals surface area contributed by atoms with Gasteiger partial charge in [0.2, 0.25) is 0 Å². The van der Waals surface area contributed by atoms with E-state index in [0.29, 0.717) is 15.0 Å². The summed E-state index contributed by atoms with van der Waals surface area (Å²) in [6, 6.07) is 14.7. The second-order valence-corrected chi connectivity index (χ2v) is 7.35. The number of carbonyl (C=O) groups excluding carboxylic acids is 2. The van der Waals surface area contributed by atoms with Crippen molar-refractivity contribution in [1.82, 2.24) is 5.32 Å². The van der Waals surface area contributed by atoms with E-state index in [2.05, 4.69) is 10.6 Å². The van der Waals surface area contributed by atoms with Gasteiger partial charge in [-0.05, 0) is 48.4 Å². The van der Waals surface area contributed by atoms with Gasteiger partial charge in [-0.15, -0.1) is 0 Å². The molecule has 0 radical (unpaired) electrons. The molecule has 132 valence electrons. The minimum absolute atomic E-state index is 0.0824. The van der Waals surface area contributed by atoms with Gasteiger partial charge in [-0.3, -0.25) is 9.59 Å². The molecule has 3 rings (SSSR count). The Hall–Kier alpha value is -2.64. The zero-order chi connectivity index (χ0) is 18.5. The number of thiocarbonyl (C=S) groups is 1. The van der Waals surface area contributed by atoms with Gasteiger partial charge in [0.25, 0.3) is 11.8 Å². The summed E-state index contributed by atoms with van der Waals surface area (Å²) in [5.74, 6) is 0.160. The summed E-state index contributed by atoms with van der Waals surface area (Å²) in [5, 5.41) is 5.36. The molecule has 0 atom stereocenters. The summed E-state index contributed by atoms with van der Waals surface area (Å²) in [4.78, 5) is 24.2. The number of benzene rings is 2. The van der Waals surface area contributed by atoms with E-state index in [1.165, 1.54) is 11.8 Å². The molecule has 1 saturated heterocycles. The Balaban J connectivity index is 1.54. The molecule has 1 heterocycles. The fraction of sp³-hybridized carbons (Fsp3) is 0.105. The maximum Gasteiger partial charge on any atom is 0.263 e. The zero-order valence-electron chi connectivity index (χ0n) is 13.9. The normalized spacial score (nSPS) is 15.0. The molecule has 0 unspecified atom stereocenters. The van der Waals surface area contributed by atoms with Gasteiger partial charge >= 0.3 is 0 Å². The third kappa shape index (κ3) is 4.93. The summed E-state index contributed by atoms with van der Waals surface area (Å²) in [7, 11) is 0. The summed E-state index contributed by atoms with van der Waals surface area (Å²) in [6.07, 6.45) is 1.76. The first kappa shape index (κ1) is 18.2. The van der Waals surface area contributed by atoms with E-state index in [0.717, 1.165) is 16.8 Å². The molecule has 2 aromatic rings. The minimum atomic E-state index is -0.227. The van der Waals surface area contributed by atoms with Crippen LogP contribution >= 0.6 is 24.0 Å². The van der Waals surface area contributed by atoms with Crippen LogP contribution in [0.25, 0.3) is 6.08 Å². The highest BCUT2D eigenvalue weighted by Crippen LogP contribution is 2.26. The highest BCUT2D eigenvalue weighted by Gasteiger charge is 2.21. The Kier molecular flexibility index (Phi) is 5.70. The number of carbonyl (C=O) groups is 2. The summed E-state index contributed by atoms with van der Waals surface area (Å²) >= 11 is 6.19. The van der Waals surface area contributed by atoms with Crippen LogP contribution in [-0.4, -0.2) is 22.7 Å². The maximum atomic E-state index is 12.0. The quantitative estimate of drug-likeness (QED) is 0.610. The minimum Gasteiger partial charge on any atom is -0.484 e. The standard InChI is InChI=1S/C19H16N2O3S2/c1-12-3-2-4-14(9-12)20-17(22)11-24-15-7-5-13(6-8-15)10-16-18(23)21-19(25)26-16/h2-10H,11H2,1H3,(H,20,22)(H,21,23,25)/b16-10-. The monoisotopic (exact) mass is 384 g/mol. The van der Waals surface area contributed by atoms with Gasteiger partial charge in [-0.1, -0.05) is 48.2 Å². The van der Waals surface area contributed by atoms with Crippen LogP contribution in [-0.2, 0) is 9.59 Å². The first-order valence-electron chi connectivity index (χ1n) is 7.84. The number of thioether (sulfide) groups is 1. The molecule has 2 amide bonds. The average Bonchev–Trinajstić information content (AvgIpc) is 2.91. The Morgan fingerprint density at radius 2 is 2.04 bits per heavy atom. The van der Waals surface area contributed by atoms with Gasteiger partial charge in [0, 0.05) is 5.69 Å². The van der Waals surface area contributed by atoms with Crippen molar-refractivity contribution in [2.45, 2.75) is 6.92 Å². The first-order chi connectivity index (χ1) is 12.5. The van der Waals surface area contributed by atoms with Crippen molar-refractivity contribution in [3.63, 3.8) is 0 Å². The van der Waals surface area contributed by atoms with E-state index < -0.39 is 0 Å². The number of aryl methyl sites for hydroxylation is 1. The van der Waals surface area contributed by atoms with Crippen LogP contribution in [0.4, 0.5) is 5.69 Å². The van der Waals surface area contributed by atoms with Crippen molar-refractivity contribution >= 4 is 51.9 Å². The van der Waals surface area contributed by atoms with Crippen LogP contribution in [0.2, 0.25) is 0 Å². The van der Waals surface area contributed by atoms with Crippen LogP contribution in [0.5, 0.6) is 5.75 Å². The smallest absolute Gasteiger partial charge is 0.263 e. The average molecular weight is 384 g/mol. The lowest BCUT2D eigenvalue weighted by Gasteiger charge is -2.08. The lowest BCUT2D eigenvalue weighted by Crippen LogP contribution is -2.20. The number of nitrogens with one attached hydrogen (secondary N) is 2. The number of anilines is 1. The van der Waals surface area contributed by atoms with Crippen molar-refractivity contribution in [2.75, 3.05) is 11.9 Å².